The smallest absolute Gasteiger partial charge is 0.226 e. The van der Waals surface area contributed by atoms with Crippen molar-refractivity contribution in [3.63, 3.8) is 0 Å². The first-order valence-electron chi connectivity index (χ1n) is 6.22. The lowest BCUT2D eigenvalue weighted by Gasteiger charge is -2.50. The average molecular weight is 208 g/mol. The fourth-order valence-corrected chi connectivity index (χ4v) is 3.12. The number of carbonyl (C=O) groups is 1. The maximum atomic E-state index is 12.2. The Balaban J connectivity index is 1.71. The second-order valence-electron chi connectivity index (χ2n) is 5.89. The molecule has 84 valence electrons. The van der Waals surface area contributed by atoms with E-state index >= 15 is 0 Å². The predicted octanol–water partition coefficient (Wildman–Crippen LogP) is 1.32. The maximum absolute atomic E-state index is 12.2. The minimum atomic E-state index is -0.0380. The summed E-state index contributed by atoms with van der Waals surface area (Å²) in [5.41, 5.74) is 6.27. The van der Waals surface area contributed by atoms with Gasteiger partial charge in [0.05, 0.1) is 0 Å². The Kier molecular flexibility index (Phi) is 1.91. The highest BCUT2D eigenvalue weighted by molar-refractivity contribution is 5.83. The van der Waals surface area contributed by atoms with E-state index in [4.69, 9.17) is 5.73 Å². The van der Waals surface area contributed by atoms with E-state index in [1.54, 1.807) is 0 Å². The molecule has 4 aliphatic carbocycles. The van der Waals surface area contributed by atoms with Crippen LogP contribution in [-0.2, 0) is 4.79 Å². The molecule has 1 amide bonds. The molecule has 0 aromatic rings. The van der Waals surface area contributed by atoms with Gasteiger partial charge in [0, 0.05) is 17.0 Å². The van der Waals surface area contributed by atoms with Crippen LogP contribution in [-0.4, -0.2) is 17.5 Å². The van der Waals surface area contributed by atoms with Gasteiger partial charge in [0.15, 0.2) is 0 Å². The van der Waals surface area contributed by atoms with Crippen molar-refractivity contribution in [2.24, 2.45) is 11.1 Å². The van der Waals surface area contributed by atoms with E-state index in [2.05, 4.69) is 5.32 Å². The van der Waals surface area contributed by atoms with Gasteiger partial charge in [-0.3, -0.25) is 4.79 Å². The summed E-state index contributed by atoms with van der Waals surface area (Å²) >= 11 is 0. The van der Waals surface area contributed by atoms with Crippen molar-refractivity contribution in [1.82, 2.24) is 5.32 Å². The summed E-state index contributed by atoms with van der Waals surface area (Å²) in [7, 11) is 0. The van der Waals surface area contributed by atoms with Gasteiger partial charge in [-0.25, -0.2) is 0 Å². The van der Waals surface area contributed by atoms with E-state index in [-0.39, 0.29) is 11.0 Å². The predicted molar refractivity (Wildman–Crippen MR) is 58.2 cm³/mol. The Labute approximate surface area is 90.8 Å². The highest BCUT2D eigenvalue weighted by atomic mass is 16.2. The molecule has 4 rings (SSSR count). The van der Waals surface area contributed by atoms with Crippen LogP contribution in [0.1, 0.15) is 51.4 Å². The molecule has 0 spiro atoms. The van der Waals surface area contributed by atoms with Gasteiger partial charge in [-0.05, 0) is 51.4 Å². The maximum Gasteiger partial charge on any atom is 0.226 e. The lowest BCUT2D eigenvalue weighted by Crippen LogP contribution is -2.56. The van der Waals surface area contributed by atoms with Crippen LogP contribution in [0.25, 0.3) is 0 Å². The molecular formula is C12H20N2O. The Morgan fingerprint density at radius 1 is 1.07 bits per heavy atom. The minimum absolute atomic E-state index is 0.0380. The van der Waals surface area contributed by atoms with Crippen LogP contribution < -0.4 is 11.1 Å². The lowest BCUT2D eigenvalue weighted by atomic mass is 9.57. The molecule has 15 heavy (non-hydrogen) atoms. The molecule has 0 unspecified atom stereocenters. The van der Waals surface area contributed by atoms with Crippen LogP contribution in [0.2, 0.25) is 0 Å². The fourth-order valence-electron chi connectivity index (χ4n) is 3.12. The van der Waals surface area contributed by atoms with E-state index in [1.807, 2.05) is 0 Å². The third kappa shape index (κ3) is 1.57. The summed E-state index contributed by atoms with van der Waals surface area (Å²) in [5, 5.41) is 3.17. The van der Waals surface area contributed by atoms with Crippen LogP contribution in [0.15, 0.2) is 0 Å². The van der Waals surface area contributed by atoms with Crippen LogP contribution >= 0.6 is 0 Å². The summed E-state index contributed by atoms with van der Waals surface area (Å²) in [4.78, 5) is 12.2. The molecule has 0 saturated heterocycles. The standard InChI is InChI=1S/C12H20N2O/c13-12-6-3-11(4-7-12,5-8-12)10(15)14-9-1-2-9/h9H,1-8,13H2,(H,14,15). The molecule has 2 bridgehead atoms. The Morgan fingerprint density at radius 3 is 2.07 bits per heavy atom. The molecule has 0 radical (unpaired) electrons. The van der Waals surface area contributed by atoms with Crippen molar-refractivity contribution in [2.45, 2.75) is 62.9 Å². The monoisotopic (exact) mass is 208 g/mol. The molecule has 0 heterocycles. The molecule has 3 heteroatoms. The van der Waals surface area contributed by atoms with Crippen molar-refractivity contribution in [3.05, 3.63) is 0 Å². The Bertz CT molecular complexity index is 271. The third-order valence-electron chi connectivity index (χ3n) is 4.70. The first-order chi connectivity index (χ1) is 7.12. The van der Waals surface area contributed by atoms with Crippen LogP contribution in [0.4, 0.5) is 0 Å². The number of hydrogen-bond donors (Lipinski definition) is 2. The lowest BCUT2D eigenvalue weighted by molar-refractivity contribution is -0.137. The molecular weight excluding hydrogens is 188 g/mol. The third-order valence-corrected chi connectivity index (χ3v) is 4.70. The number of nitrogens with one attached hydrogen (secondary N) is 1. The van der Waals surface area contributed by atoms with Crippen LogP contribution in [0.3, 0.4) is 0 Å². The number of carbonyl (C=O) groups excluding carboxylic acids is 1. The van der Waals surface area contributed by atoms with Crippen LogP contribution in [0.5, 0.6) is 0 Å². The van der Waals surface area contributed by atoms with Crippen molar-refractivity contribution in [1.29, 1.82) is 0 Å². The number of amides is 1. The molecule has 0 aromatic heterocycles. The first-order valence-corrected chi connectivity index (χ1v) is 6.22. The molecule has 4 aliphatic rings. The SMILES string of the molecule is NC12CCC(C(=O)NC3CC3)(CC1)CC2. The second kappa shape index (κ2) is 2.97. The molecule has 3 nitrogen and oxygen atoms in total. The molecule has 0 aliphatic heterocycles. The Hall–Kier alpha value is -0.570. The molecule has 4 saturated carbocycles. The average Bonchev–Trinajstić information content (AvgIpc) is 3.03. The zero-order valence-electron chi connectivity index (χ0n) is 9.22. The van der Waals surface area contributed by atoms with Gasteiger partial charge in [0.25, 0.3) is 0 Å². The van der Waals surface area contributed by atoms with E-state index in [0.717, 1.165) is 38.5 Å². The quantitative estimate of drug-likeness (QED) is 0.719. The fraction of sp³-hybridized carbons (Fsp3) is 0.917. The summed E-state index contributed by atoms with van der Waals surface area (Å²) < 4.78 is 0. The van der Waals surface area contributed by atoms with E-state index in [1.165, 1.54) is 12.8 Å². The van der Waals surface area contributed by atoms with Gasteiger partial charge in [0.2, 0.25) is 5.91 Å². The van der Waals surface area contributed by atoms with Gasteiger partial charge >= 0.3 is 0 Å². The minimum Gasteiger partial charge on any atom is -0.353 e. The summed E-state index contributed by atoms with van der Waals surface area (Å²) in [6.07, 6.45) is 8.55. The van der Waals surface area contributed by atoms with Gasteiger partial charge in [-0.2, -0.15) is 0 Å². The largest absolute Gasteiger partial charge is 0.353 e. The first kappa shape index (κ1) is 9.64. The van der Waals surface area contributed by atoms with Crippen molar-refractivity contribution >= 4 is 5.91 Å². The van der Waals surface area contributed by atoms with Gasteiger partial charge in [-0.1, -0.05) is 0 Å². The van der Waals surface area contributed by atoms with Gasteiger partial charge < -0.3 is 11.1 Å². The Morgan fingerprint density at radius 2 is 1.60 bits per heavy atom. The summed E-state index contributed by atoms with van der Waals surface area (Å²) in [6.45, 7) is 0. The highest BCUT2D eigenvalue weighted by Crippen LogP contribution is 2.51. The zero-order valence-corrected chi connectivity index (χ0v) is 9.22. The van der Waals surface area contributed by atoms with E-state index in [9.17, 15) is 4.79 Å². The van der Waals surface area contributed by atoms with E-state index in [0.29, 0.717) is 11.9 Å². The molecule has 0 aromatic carbocycles. The second-order valence-corrected chi connectivity index (χ2v) is 5.89. The van der Waals surface area contributed by atoms with Gasteiger partial charge in [0.1, 0.15) is 0 Å². The topological polar surface area (TPSA) is 55.1 Å². The van der Waals surface area contributed by atoms with Crippen molar-refractivity contribution < 1.29 is 4.79 Å². The van der Waals surface area contributed by atoms with Crippen LogP contribution in [0, 0.1) is 5.41 Å². The number of fused-ring (bicyclic) bond motifs is 3. The molecule has 4 fully saturated rings. The number of nitrogens with two attached hydrogens (primary N) is 1. The summed E-state index contributed by atoms with van der Waals surface area (Å²) in [6, 6.07) is 0.498. The highest BCUT2D eigenvalue weighted by Gasteiger charge is 2.51. The van der Waals surface area contributed by atoms with E-state index < -0.39 is 0 Å². The number of rotatable bonds is 2. The molecule has 3 N–H and O–H groups in total. The number of hydrogen-bond acceptors (Lipinski definition) is 2. The molecule has 0 atom stereocenters. The van der Waals surface area contributed by atoms with Crippen molar-refractivity contribution in [3.8, 4) is 0 Å². The van der Waals surface area contributed by atoms with Crippen molar-refractivity contribution in [2.75, 3.05) is 0 Å². The summed E-state index contributed by atoms with van der Waals surface area (Å²) in [5.74, 6) is 0.326. The normalized spacial score (nSPS) is 44.1. The zero-order chi connectivity index (χ0) is 10.5. The van der Waals surface area contributed by atoms with Gasteiger partial charge in [-0.15, -0.1) is 0 Å².